The molecule has 0 amide bonds. The molecule has 0 N–H and O–H groups in total. The van der Waals surface area contributed by atoms with Gasteiger partial charge in [0, 0.05) is 52.9 Å². The minimum absolute atomic E-state index is 0.281. The Morgan fingerprint density at radius 3 is 2.12 bits per heavy atom. The third-order valence-corrected chi connectivity index (χ3v) is 7.78. The van der Waals surface area contributed by atoms with Crippen molar-refractivity contribution in [1.29, 1.82) is 0 Å². The topological polar surface area (TPSA) is 84.6 Å². The fourth-order valence-electron chi connectivity index (χ4n) is 4.02. The second-order valence-corrected chi connectivity index (χ2v) is 9.85. The molecule has 0 bridgehead atoms. The molecule has 168 valence electrons. The summed E-state index contributed by atoms with van der Waals surface area (Å²) in [4.78, 5) is 29.1. The highest BCUT2D eigenvalue weighted by atomic mass is 32.2. The van der Waals surface area contributed by atoms with Crippen molar-refractivity contribution in [3.05, 3.63) is 87.1 Å². The summed E-state index contributed by atoms with van der Waals surface area (Å²) in [5, 5.41) is 0. The van der Waals surface area contributed by atoms with Gasteiger partial charge in [-0.15, -0.1) is 0 Å². The smallest absolute Gasteiger partial charge is 0.332 e. The van der Waals surface area contributed by atoms with Crippen LogP contribution in [0.5, 0.6) is 0 Å². The normalized spacial score (nSPS) is 15.1. The molecule has 1 aromatic heterocycles. The molecule has 1 saturated heterocycles. The van der Waals surface area contributed by atoms with Gasteiger partial charge in [-0.3, -0.25) is 18.8 Å². The highest BCUT2D eigenvalue weighted by molar-refractivity contribution is 7.91. The first-order valence-corrected chi connectivity index (χ1v) is 11.9. The van der Waals surface area contributed by atoms with Crippen molar-refractivity contribution < 1.29 is 8.42 Å². The monoisotopic (exact) mass is 454 g/mol. The standard InChI is InChI=1S/C23H26N4O4S/c1-24-21(16-22(28)25(2)23(24)29)27-14-12-26(13-15-27)17-18-8-6-7-11-20(18)32(30,31)19-9-4-3-5-10-19/h3-11,16H,12-15,17H2,1-2H3. The zero-order valence-electron chi connectivity index (χ0n) is 18.1. The summed E-state index contributed by atoms with van der Waals surface area (Å²) in [5.74, 6) is 0.602. The van der Waals surface area contributed by atoms with Gasteiger partial charge in [0.2, 0.25) is 9.84 Å². The Labute approximate surface area is 186 Å². The molecule has 32 heavy (non-hydrogen) atoms. The third-order valence-electron chi connectivity index (χ3n) is 5.91. The van der Waals surface area contributed by atoms with Gasteiger partial charge in [0.05, 0.1) is 9.79 Å². The van der Waals surface area contributed by atoms with E-state index in [9.17, 15) is 18.0 Å². The van der Waals surface area contributed by atoms with Gasteiger partial charge in [-0.25, -0.2) is 13.2 Å². The number of sulfone groups is 1. The number of hydrogen-bond acceptors (Lipinski definition) is 6. The molecule has 1 aliphatic heterocycles. The number of piperazine rings is 1. The molecule has 0 atom stereocenters. The van der Waals surface area contributed by atoms with Crippen LogP contribution in [-0.2, 0) is 30.5 Å². The van der Waals surface area contributed by atoms with Crippen LogP contribution in [0.3, 0.4) is 0 Å². The number of nitrogens with zero attached hydrogens (tertiary/aromatic N) is 4. The fourth-order valence-corrected chi connectivity index (χ4v) is 5.53. The predicted molar refractivity (Wildman–Crippen MR) is 123 cm³/mol. The van der Waals surface area contributed by atoms with E-state index < -0.39 is 9.84 Å². The highest BCUT2D eigenvalue weighted by Crippen LogP contribution is 2.25. The first kappa shape index (κ1) is 22.0. The quantitative estimate of drug-likeness (QED) is 0.577. The summed E-state index contributed by atoms with van der Waals surface area (Å²) < 4.78 is 28.9. The SMILES string of the molecule is Cn1c(N2CCN(Cc3ccccc3S(=O)(=O)c3ccccc3)CC2)cc(=O)n(C)c1=O. The molecule has 0 saturated carbocycles. The third kappa shape index (κ3) is 4.13. The van der Waals surface area contributed by atoms with Gasteiger partial charge < -0.3 is 4.90 Å². The Morgan fingerprint density at radius 1 is 0.812 bits per heavy atom. The van der Waals surface area contributed by atoms with E-state index in [1.165, 1.54) is 17.7 Å². The van der Waals surface area contributed by atoms with Crippen molar-refractivity contribution in [3.63, 3.8) is 0 Å². The molecule has 1 fully saturated rings. The van der Waals surface area contributed by atoms with Gasteiger partial charge in [0.25, 0.3) is 5.56 Å². The van der Waals surface area contributed by atoms with E-state index in [0.29, 0.717) is 43.4 Å². The summed E-state index contributed by atoms with van der Waals surface area (Å²) in [6.45, 7) is 3.14. The van der Waals surface area contributed by atoms with E-state index in [2.05, 4.69) is 4.90 Å². The summed E-state index contributed by atoms with van der Waals surface area (Å²) in [5.41, 5.74) is 0.0753. The maximum Gasteiger partial charge on any atom is 0.332 e. The van der Waals surface area contributed by atoms with Crippen molar-refractivity contribution >= 4 is 15.7 Å². The molecule has 4 rings (SSSR count). The van der Waals surface area contributed by atoms with E-state index in [-0.39, 0.29) is 16.1 Å². The number of anilines is 1. The van der Waals surface area contributed by atoms with Crippen LogP contribution in [0.25, 0.3) is 0 Å². The van der Waals surface area contributed by atoms with E-state index in [4.69, 9.17) is 0 Å². The Morgan fingerprint density at radius 2 is 1.44 bits per heavy atom. The van der Waals surface area contributed by atoms with Crippen molar-refractivity contribution in [2.24, 2.45) is 14.1 Å². The van der Waals surface area contributed by atoms with Gasteiger partial charge in [-0.05, 0) is 23.8 Å². The maximum absolute atomic E-state index is 13.2. The minimum atomic E-state index is -3.61. The molecule has 0 spiro atoms. The van der Waals surface area contributed by atoms with Crippen molar-refractivity contribution in [2.45, 2.75) is 16.3 Å². The lowest BCUT2D eigenvalue weighted by molar-refractivity contribution is 0.246. The molecular weight excluding hydrogens is 428 g/mol. The van der Waals surface area contributed by atoms with Crippen molar-refractivity contribution in [3.8, 4) is 0 Å². The Balaban J connectivity index is 1.52. The van der Waals surface area contributed by atoms with Crippen LogP contribution in [0.4, 0.5) is 5.82 Å². The van der Waals surface area contributed by atoms with E-state index in [1.54, 1.807) is 49.5 Å². The largest absolute Gasteiger partial charge is 0.355 e. The number of rotatable bonds is 5. The lowest BCUT2D eigenvalue weighted by Gasteiger charge is -2.36. The maximum atomic E-state index is 13.2. The molecule has 9 heteroatoms. The van der Waals surface area contributed by atoms with Gasteiger partial charge in [0.15, 0.2) is 0 Å². The first-order valence-electron chi connectivity index (χ1n) is 10.4. The van der Waals surface area contributed by atoms with Crippen molar-refractivity contribution in [2.75, 3.05) is 31.1 Å². The second-order valence-electron chi connectivity index (χ2n) is 7.93. The summed E-state index contributed by atoms with van der Waals surface area (Å²) in [7, 11) is -0.479. The average molecular weight is 455 g/mol. The Kier molecular flexibility index (Phi) is 6.03. The van der Waals surface area contributed by atoms with Gasteiger partial charge in [0.1, 0.15) is 5.82 Å². The van der Waals surface area contributed by atoms with Crippen LogP contribution in [0.1, 0.15) is 5.56 Å². The van der Waals surface area contributed by atoms with E-state index in [0.717, 1.165) is 10.1 Å². The van der Waals surface area contributed by atoms with Crippen LogP contribution in [0.2, 0.25) is 0 Å². The number of aromatic nitrogens is 2. The molecule has 3 aromatic rings. The zero-order valence-corrected chi connectivity index (χ0v) is 19.0. The van der Waals surface area contributed by atoms with Gasteiger partial charge in [-0.2, -0.15) is 0 Å². The predicted octanol–water partition coefficient (Wildman–Crippen LogP) is 1.24. The van der Waals surface area contributed by atoms with Gasteiger partial charge in [-0.1, -0.05) is 36.4 Å². The van der Waals surface area contributed by atoms with Crippen LogP contribution < -0.4 is 16.1 Å². The second kappa shape index (κ2) is 8.76. The zero-order chi connectivity index (χ0) is 22.9. The summed E-state index contributed by atoms with van der Waals surface area (Å²) in [6.07, 6.45) is 0. The Hall–Kier alpha value is -3.17. The average Bonchev–Trinajstić information content (AvgIpc) is 2.81. The van der Waals surface area contributed by atoms with E-state index >= 15 is 0 Å². The fraction of sp³-hybridized carbons (Fsp3) is 0.304. The molecule has 0 radical (unpaired) electrons. The van der Waals surface area contributed by atoms with E-state index in [1.807, 2.05) is 17.0 Å². The molecule has 2 aromatic carbocycles. The van der Waals surface area contributed by atoms with Crippen LogP contribution in [0, 0.1) is 0 Å². The first-order chi connectivity index (χ1) is 15.3. The molecule has 2 heterocycles. The lowest BCUT2D eigenvalue weighted by Crippen LogP contribution is -2.49. The minimum Gasteiger partial charge on any atom is -0.355 e. The summed E-state index contributed by atoms with van der Waals surface area (Å²) >= 11 is 0. The lowest BCUT2D eigenvalue weighted by atomic mass is 10.2. The Bertz CT molecular complexity index is 1340. The van der Waals surface area contributed by atoms with Crippen molar-refractivity contribution in [1.82, 2.24) is 14.0 Å². The molecule has 1 aliphatic rings. The number of benzene rings is 2. The molecule has 8 nitrogen and oxygen atoms in total. The number of hydrogen-bond donors (Lipinski definition) is 0. The van der Waals surface area contributed by atoms with Crippen LogP contribution in [-0.4, -0.2) is 48.6 Å². The highest BCUT2D eigenvalue weighted by Gasteiger charge is 2.24. The van der Waals surface area contributed by atoms with Crippen LogP contribution >= 0.6 is 0 Å². The molecule has 0 aliphatic carbocycles. The van der Waals surface area contributed by atoms with Crippen LogP contribution in [0.15, 0.2) is 80.0 Å². The van der Waals surface area contributed by atoms with Gasteiger partial charge >= 0.3 is 5.69 Å². The molecular formula is C23H26N4O4S. The summed E-state index contributed by atoms with van der Waals surface area (Å²) in [6, 6.07) is 17.0. The molecule has 0 unspecified atom stereocenters.